The van der Waals surface area contributed by atoms with Crippen LogP contribution < -0.4 is 10.1 Å². The van der Waals surface area contributed by atoms with Crippen molar-refractivity contribution in [2.75, 3.05) is 11.9 Å². The molecule has 2 rings (SSSR count). The summed E-state index contributed by atoms with van der Waals surface area (Å²) in [5.74, 6) is 0.324. The topological polar surface area (TPSA) is 21.3 Å². The van der Waals surface area contributed by atoms with Gasteiger partial charge < -0.3 is 10.1 Å². The molecule has 1 N–H and O–H groups in total. The first kappa shape index (κ1) is 16.4. The fourth-order valence-electron chi connectivity index (χ4n) is 1.84. The van der Waals surface area contributed by atoms with Crippen molar-refractivity contribution in [1.29, 1.82) is 0 Å². The summed E-state index contributed by atoms with van der Waals surface area (Å²) in [7, 11) is 0. The molecule has 0 spiro atoms. The van der Waals surface area contributed by atoms with Crippen molar-refractivity contribution in [3.8, 4) is 5.75 Å². The fraction of sp³-hybridized carbons (Fsp3) is 0.200. The number of hydrogen-bond acceptors (Lipinski definition) is 2. The lowest BCUT2D eigenvalue weighted by atomic mass is 10.2. The Morgan fingerprint density at radius 3 is 2.67 bits per heavy atom. The summed E-state index contributed by atoms with van der Waals surface area (Å²) in [6, 6.07) is 7.85. The van der Waals surface area contributed by atoms with Crippen molar-refractivity contribution in [1.82, 2.24) is 0 Å². The number of benzene rings is 2. The van der Waals surface area contributed by atoms with Gasteiger partial charge in [0.2, 0.25) is 0 Å². The zero-order chi connectivity index (χ0) is 15.4. The van der Waals surface area contributed by atoms with Crippen LogP contribution in [-0.2, 0) is 6.54 Å². The average molecular weight is 393 g/mol. The van der Waals surface area contributed by atoms with Gasteiger partial charge in [-0.1, -0.05) is 29.3 Å². The third-order valence-corrected chi connectivity index (χ3v) is 3.94. The summed E-state index contributed by atoms with van der Waals surface area (Å²) < 4.78 is 19.4. The minimum absolute atomic E-state index is 0.357. The summed E-state index contributed by atoms with van der Waals surface area (Å²) in [4.78, 5) is 0. The quantitative estimate of drug-likeness (QED) is 0.683. The zero-order valence-corrected chi connectivity index (χ0v) is 14.3. The molecule has 0 aromatic heterocycles. The lowest BCUT2D eigenvalue weighted by molar-refractivity contribution is 0.339. The Labute approximate surface area is 141 Å². The zero-order valence-electron chi connectivity index (χ0n) is 11.2. The fourth-order valence-corrected chi connectivity index (χ4v) is 3.00. The summed E-state index contributed by atoms with van der Waals surface area (Å²) in [5.41, 5.74) is 1.54. The molecule has 2 aromatic carbocycles. The van der Waals surface area contributed by atoms with Gasteiger partial charge >= 0.3 is 0 Å². The first-order valence-electron chi connectivity index (χ1n) is 6.31. The molecule has 0 radical (unpaired) electrons. The van der Waals surface area contributed by atoms with Crippen LogP contribution in [0.25, 0.3) is 0 Å². The predicted molar refractivity (Wildman–Crippen MR) is 89.1 cm³/mol. The van der Waals surface area contributed by atoms with E-state index in [1.54, 1.807) is 18.2 Å². The lowest BCUT2D eigenvalue weighted by Crippen LogP contribution is -2.04. The molecule has 0 unspecified atom stereocenters. The highest BCUT2D eigenvalue weighted by atomic mass is 79.9. The molecule has 0 saturated carbocycles. The van der Waals surface area contributed by atoms with E-state index in [4.69, 9.17) is 27.9 Å². The van der Waals surface area contributed by atoms with Crippen molar-refractivity contribution >= 4 is 44.8 Å². The molecule has 0 aliphatic carbocycles. The maximum Gasteiger partial charge on any atom is 0.156 e. The second kappa shape index (κ2) is 7.34. The molecule has 0 heterocycles. The van der Waals surface area contributed by atoms with E-state index in [1.807, 2.05) is 6.92 Å². The molecule has 6 heteroatoms. The first-order valence-corrected chi connectivity index (χ1v) is 7.85. The lowest BCUT2D eigenvalue weighted by Gasteiger charge is -2.15. The van der Waals surface area contributed by atoms with Crippen LogP contribution in [0.2, 0.25) is 10.0 Å². The maximum absolute atomic E-state index is 13.0. The Morgan fingerprint density at radius 2 is 2.00 bits per heavy atom. The van der Waals surface area contributed by atoms with Crippen molar-refractivity contribution in [3.05, 3.63) is 56.2 Å². The van der Waals surface area contributed by atoms with Gasteiger partial charge in [0.15, 0.2) is 5.75 Å². The first-order chi connectivity index (χ1) is 10.0. The Morgan fingerprint density at radius 1 is 1.24 bits per heavy atom. The van der Waals surface area contributed by atoms with Crippen LogP contribution in [0.1, 0.15) is 12.5 Å². The summed E-state index contributed by atoms with van der Waals surface area (Å²) >= 11 is 15.5. The third-order valence-electron chi connectivity index (χ3n) is 2.78. The molecule has 21 heavy (non-hydrogen) atoms. The summed E-state index contributed by atoms with van der Waals surface area (Å²) in [6.45, 7) is 2.87. The van der Waals surface area contributed by atoms with E-state index < -0.39 is 0 Å². The van der Waals surface area contributed by atoms with Gasteiger partial charge in [0.1, 0.15) is 5.82 Å². The monoisotopic (exact) mass is 391 g/mol. The van der Waals surface area contributed by atoms with Crippen molar-refractivity contribution in [2.24, 2.45) is 0 Å². The van der Waals surface area contributed by atoms with Crippen molar-refractivity contribution in [2.45, 2.75) is 13.5 Å². The average Bonchev–Trinajstić information content (AvgIpc) is 2.41. The predicted octanol–water partition coefficient (Wildman–Crippen LogP) is 5.91. The van der Waals surface area contributed by atoms with E-state index in [1.165, 1.54) is 12.1 Å². The Hall–Kier alpha value is -0.970. The van der Waals surface area contributed by atoms with Gasteiger partial charge in [-0.25, -0.2) is 4.39 Å². The molecular weight excluding hydrogens is 380 g/mol. The van der Waals surface area contributed by atoms with Gasteiger partial charge in [-0.3, -0.25) is 0 Å². The Balaban J connectivity index is 2.22. The van der Waals surface area contributed by atoms with Gasteiger partial charge in [0.05, 0.1) is 16.8 Å². The smallest absolute Gasteiger partial charge is 0.156 e. The minimum atomic E-state index is -0.357. The second-order valence-electron chi connectivity index (χ2n) is 4.29. The van der Waals surface area contributed by atoms with Crippen LogP contribution in [0.15, 0.2) is 34.8 Å². The maximum atomic E-state index is 13.0. The molecule has 0 aliphatic rings. The van der Waals surface area contributed by atoms with E-state index in [9.17, 15) is 4.39 Å². The van der Waals surface area contributed by atoms with Gasteiger partial charge in [-0.2, -0.15) is 0 Å². The standard InChI is InChI=1S/C15H13BrCl2FNO/c1-2-21-15-12(16)5-10(17)6-14(15)20-8-9-3-4-11(19)7-13(9)18/h3-7,20H,2,8H2,1H3. The molecule has 2 aromatic rings. The van der Waals surface area contributed by atoms with E-state index in [-0.39, 0.29) is 5.82 Å². The van der Waals surface area contributed by atoms with Crippen LogP contribution >= 0.6 is 39.1 Å². The number of nitrogens with one attached hydrogen (secondary N) is 1. The normalized spacial score (nSPS) is 10.5. The van der Waals surface area contributed by atoms with E-state index in [0.29, 0.717) is 28.9 Å². The van der Waals surface area contributed by atoms with Crippen LogP contribution in [-0.4, -0.2) is 6.61 Å². The molecule has 0 saturated heterocycles. The van der Waals surface area contributed by atoms with E-state index >= 15 is 0 Å². The van der Waals surface area contributed by atoms with Gasteiger partial charge in [-0.15, -0.1) is 0 Å². The Bertz CT molecular complexity index is 652. The SMILES string of the molecule is CCOc1c(Br)cc(Cl)cc1NCc1ccc(F)cc1Cl. The van der Waals surface area contributed by atoms with Crippen molar-refractivity contribution in [3.63, 3.8) is 0 Å². The van der Waals surface area contributed by atoms with Gasteiger partial charge in [0.25, 0.3) is 0 Å². The number of ether oxygens (including phenoxy) is 1. The summed E-state index contributed by atoms with van der Waals surface area (Å²) in [6.07, 6.45) is 0. The number of halogens is 4. The van der Waals surface area contributed by atoms with E-state index in [2.05, 4.69) is 21.2 Å². The second-order valence-corrected chi connectivity index (χ2v) is 5.98. The third kappa shape index (κ3) is 4.25. The van der Waals surface area contributed by atoms with Crippen LogP contribution in [0.5, 0.6) is 5.75 Å². The highest BCUT2D eigenvalue weighted by Crippen LogP contribution is 2.37. The molecule has 0 bridgehead atoms. The highest BCUT2D eigenvalue weighted by Gasteiger charge is 2.11. The minimum Gasteiger partial charge on any atom is -0.491 e. The number of rotatable bonds is 5. The molecule has 0 amide bonds. The Kier molecular flexibility index (Phi) is 5.73. The largest absolute Gasteiger partial charge is 0.491 e. The van der Waals surface area contributed by atoms with Crippen LogP contribution in [0.4, 0.5) is 10.1 Å². The van der Waals surface area contributed by atoms with Crippen LogP contribution in [0, 0.1) is 5.82 Å². The van der Waals surface area contributed by atoms with Gasteiger partial charge in [-0.05, 0) is 52.7 Å². The molecule has 0 aliphatic heterocycles. The molecule has 0 fully saturated rings. The van der Waals surface area contributed by atoms with E-state index in [0.717, 1.165) is 15.7 Å². The molecule has 0 atom stereocenters. The molecule has 112 valence electrons. The summed E-state index contributed by atoms with van der Waals surface area (Å²) in [5, 5.41) is 4.17. The number of hydrogen-bond donors (Lipinski definition) is 1. The number of anilines is 1. The molecular formula is C15H13BrCl2FNO. The highest BCUT2D eigenvalue weighted by molar-refractivity contribution is 9.10. The van der Waals surface area contributed by atoms with Crippen LogP contribution in [0.3, 0.4) is 0 Å². The van der Waals surface area contributed by atoms with Crippen molar-refractivity contribution < 1.29 is 9.13 Å². The molecule has 2 nitrogen and oxygen atoms in total. The van der Waals surface area contributed by atoms with Gasteiger partial charge in [0, 0.05) is 16.6 Å².